The molecule has 8 aromatic rings. The van der Waals surface area contributed by atoms with E-state index in [2.05, 4.69) is 70.6 Å². The highest BCUT2D eigenvalue weighted by molar-refractivity contribution is 5.98. The SMILES string of the molecule is O=c1cc(-c2ccc3ccccc3c2)c2ccccc2[nH]1.O=c1cc(-c2ccc3ccccc3c2)c2ccccc2[nH]1. The lowest BCUT2D eigenvalue weighted by molar-refractivity contribution is 1.31. The van der Waals surface area contributed by atoms with E-state index in [4.69, 9.17) is 0 Å². The molecule has 0 bridgehead atoms. The number of fused-ring (bicyclic) bond motifs is 4. The van der Waals surface area contributed by atoms with Crippen molar-refractivity contribution in [3.05, 3.63) is 166 Å². The fraction of sp³-hybridized carbons (Fsp3) is 0. The zero-order valence-corrected chi connectivity index (χ0v) is 22.7. The Kier molecular flexibility index (Phi) is 6.42. The summed E-state index contributed by atoms with van der Waals surface area (Å²) < 4.78 is 0. The molecule has 0 radical (unpaired) electrons. The summed E-state index contributed by atoms with van der Waals surface area (Å²) in [6, 6.07) is 48.2. The summed E-state index contributed by atoms with van der Waals surface area (Å²) in [5, 5.41) is 6.89. The van der Waals surface area contributed by atoms with Crippen molar-refractivity contribution in [2.24, 2.45) is 0 Å². The molecule has 0 spiro atoms. The molecule has 0 amide bonds. The second-order valence-corrected chi connectivity index (χ2v) is 10.3. The first kappa shape index (κ1) is 25.2. The molecule has 8 rings (SSSR count). The van der Waals surface area contributed by atoms with Crippen molar-refractivity contribution in [2.45, 2.75) is 0 Å². The summed E-state index contributed by atoms with van der Waals surface area (Å²) >= 11 is 0. The number of benzene rings is 6. The fourth-order valence-electron chi connectivity index (χ4n) is 5.60. The Hall–Kier alpha value is -5.74. The van der Waals surface area contributed by atoms with Gasteiger partial charge in [-0.15, -0.1) is 0 Å². The number of rotatable bonds is 2. The predicted octanol–water partition coefficient (Wildman–Crippen LogP) is 8.70. The van der Waals surface area contributed by atoms with E-state index >= 15 is 0 Å². The van der Waals surface area contributed by atoms with Crippen LogP contribution in [-0.2, 0) is 0 Å². The average molecular weight is 543 g/mol. The Morgan fingerprint density at radius 2 is 0.738 bits per heavy atom. The highest BCUT2D eigenvalue weighted by Gasteiger charge is 2.08. The van der Waals surface area contributed by atoms with Crippen molar-refractivity contribution in [2.75, 3.05) is 0 Å². The van der Waals surface area contributed by atoms with E-state index in [-0.39, 0.29) is 11.1 Å². The van der Waals surface area contributed by atoms with E-state index in [1.54, 1.807) is 12.1 Å². The van der Waals surface area contributed by atoms with Gasteiger partial charge < -0.3 is 9.97 Å². The molecule has 0 saturated carbocycles. The van der Waals surface area contributed by atoms with E-state index in [9.17, 15) is 9.59 Å². The molecule has 0 unspecified atom stereocenters. The van der Waals surface area contributed by atoms with Gasteiger partial charge in [-0.2, -0.15) is 0 Å². The molecular formula is C38H26N2O2. The molecule has 0 aliphatic rings. The van der Waals surface area contributed by atoms with Crippen LogP contribution in [0, 0.1) is 0 Å². The van der Waals surface area contributed by atoms with Gasteiger partial charge in [-0.25, -0.2) is 0 Å². The number of hydrogen-bond acceptors (Lipinski definition) is 2. The van der Waals surface area contributed by atoms with Crippen LogP contribution in [0.2, 0.25) is 0 Å². The summed E-state index contributed by atoms with van der Waals surface area (Å²) in [6.45, 7) is 0. The Balaban J connectivity index is 0.000000137. The van der Waals surface area contributed by atoms with Crippen LogP contribution in [-0.4, -0.2) is 9.97 Å². The van der Waals surface area contributed by atoms with Crippen molar-refractivity contribution in [3.63, 3.8) is 0 Å². The Morgan fingerprint density at radius 1 is 0.357 bits per heavy atom. The zero-order valence-electron chi connectivity index (χ0n) is 22.7. The lowest BCUT2D eigenvalue weighted by Crippen LogP contribution is -2.04. The summed E-state index contributed by atoms with van der Waals surface area (Å²) in [7, 11) is 0. The molecule has 2 N–H and O–H groups in total. The van der Waals surface area contributed by atoms with E-state index in [1.165, 1.54) is 21.5 Å². The van der Waals surface area contributed by atoms with Gasteiger partial charge in [0.15, 0.2) is 0 Å². The summed E-state index contributed by atoms with van der Waals surface area (Å²) in [5.41, 5.74) is 5.67. The first-order valence-corrected chi connectivity index (χ1v) is 13.8. The molecule has 2 aromatic heterocycles. The average Bonchev–Trinajstić information content (AvgIpc) is 3.04. The van der Waals surface area contributed by atoms with Gasteiger partial charge in [0.25, 0.3) is 0 Å². The quantitative estimate of drug-likeness (QED) is 0.229. The van der Waals surface area contributed by atoms with Crippen LogP contribution in [0.3, 0.4) is 0 Å². The van der Waals surface area contributed by atoms with Gasteiger partial charge in [0.1, 0.15) is 0 Å². The van der Waals surface area contributed by atoms with E-state index in [0.717, 1.165) is 44.1 Å². The monoisotopic (exact) mass is 542 g/mol. The number of pyridine rings is 2. The molecule has 0 fully saturated rings. The van der Waals surface area contributed by atoms with Crippen molar-refractivity contribution >= 4 is 43.4 Å². The second kappa shape index (κ2) is 10.7. The molecule has 2 heterocycles. The lowest BCUT2D eigenvalue weighted by Gasteiger charge is -2.07. The molecule has 42 heavy (non-hydrogen) atoms. The maximum atomic E-state index is 11.9. The Morgan fingerprint density at radius 3 is 1.19 bits per heavy atom. The maximum Gasteiger partial charge on any atom is 0.249 e. The molecule has 0 atom stereocenters. The van der Waals surface area contributed by atoms with Crippen molar-refractivity contribution in [3.8, 4) is 22.3 Å². The third kappa shape index (κ3) is 4.87. The smallest absolute Gasteiger partial charge is 0.249 e. The maximum absolute atomic E-state index is 11.9. The first-order chi connectivity index (χ1) is 20.6. The normalized spacial score (nSPS) is 11.0. The number of nitrogens with one attached hydrogen (secondary N) is 2. The first-order valence-electron chi connectivity index (χ1n) is 13.8. The number of H-pyrrole nitrogens is 2. The molecule has 4 nitrogen and oxygen atoms in total. The zero-order chi connectivity index (χ0) is 28.5. The molecule has 200 valence electrons. The van der Waals surface area contributed by atoms with Crippen LogP contribution < -0.4 is 11.1 Å². The van der Waals surface area contributed by atoms with Gasteiger partial charge in [0.2, 0.25) is 11.1 Å². The molecule has 4 heteroatoms. The minimum absolute atomic E-state index is 0.0724. The Labute approximate surface area is 241 Å². The highest BCUT2D eigenvalue weighted by atomic mass is 16.1. The van der Waals surface area contributed by atoms with Crippen LogP contribution in [0.5, 0.6) is 0 Å². The van der Waals surface area contributed by atoms with Crippen molar-refractivity contribution < 1.29 is 0 Å². The summed E-state index contributed by atoms with van der Waals surface area (Å²) in [4.78, 5) is 29.5. The minimum Gasteiger partial charge on any atom is -0.322 e. The number of aromatic amines is 2. The summed E-state index contributed by atoms with van der Waals surface area (Å²) in [6.07, 6.45) is 0. The van der Waals surface area contributed by atoms with Crippen molar-refractivity contribution in [1.82, 2.24) is 9.97 Å². The van der Waals surface area contributed by atoms with E-state index < -0.39 is 0 Å². The van der Waals surface area contributed by atoms with Gasteiger partial charge >= 0.3 is 0 Å². The van der Waals surface area contributed by atoms with E-state index in [0.29, 0.717) is 0 Å². The minimum atomic E-state index is -0.0724. The molecule has 0 aliphatic heterocycles. The largest absolute Gasteiger partial charge is 0.322 e. The van der Waals surface area contributed by atoms with Gasteiger partial charge in [0.05, 0.1) is 0 Å². The van der Waals surface area contributed by atoms with E-state index in [1.807, 2.05) is 72.8 Å². The van der Waals surface area contributed by atoms with Crippen molar-refractivity contribution in [1.29, 1.82) is 0 Å². The van der Waals surface area contributed by atoms with Crippen LogP contribution in [0.4, 0.5) is 0 Å². The van der Waals surface area contributed by atoms with Gasteiger partial charge in [-0.05, 0) is 68.1 Å². The van der Waals surface area contributed by atoms with Crippen LogP contribution in [0.25, 0.3) is 65.6 Å². The van der Waals surface area contributed by atoms with Gasteiger partial charge in [-0.1, -0.05) is 109 Å². The van der Waals surface area contributed by atoms with Gasteiger partial charge in [-0.3, -0.25) is 9.59 Å². The molecule has 0 saturated heterocycles. The number of hydrogen-bond donors (Lipinski definition) is 2. The predicted molar refractivity (Wildman–Crippen MR) is 175 cm³/mol. The third-order valence-electron chi connectivity index (χ3n) is 7.62. The fourth-order valence-corrected chi connectivity index (χ4v) is 5.60. The molecule has 6 aromatic carbocycles. The lowest BCUT2D eigenvalue weighted by atomic mass is 9.98. The number of para-hydroxylation sites is 2. The van der Waals surface area contributed by atoms with Crippen LogP contribution in [0.15, 0.2) is 155 Å². The van der Waals surface area contributed by atoms with Crippen LogP contribution in [0.1, 0.15) is 0 Å². The topological polar surface area (TPSA) is 65.7 Å². The number of aromatic nitrogens is 2. The molecule has 0 aliphatic carbocycles. The highest BCUT2D eigenvalue weighted by Crippen LogP contribution is 2.30. The second-order valence-electron chi connectivity index (χ2n) is 10.3. The molecular weight excluding hydrogens is 516 g/mol. The van der Waals surface area contributed by atoms with Gasteiger partial charge in [0, 0.05) is 33.9 Å². The standard InChI is InChI=1S/2C19H13NO/c2*21-19-12-17(16-7-3-4-8-18(16)20-19)15-10-9-13-5-1-2-6-14(13)11-15/h2*1-12H,(H,20,21). The van der Waals surface area contributed by atoms with Crippen LogP contribution >= 0.6 is 0 Å². The Bertz CT molecular complexity index is 2200. The third-order valence-corrected chi connectivity index (χ3v) is 7.62. The summed E-state index contributed by atoms with van der Waals surface area (Å²) in [5.74, 6) is 0.